The molecule has 6 rings (SSSR count). The van der Waals surface area contributed by atoms with Gasteiger partial charge in [-0.05, 0) is 61.5 Å². The van der Waals surface area contributed by atoms with Crippen LogP contribution in [0.2, 0.25) is 0 Å². The fourth-order valence-corrected chi connectivity index (χ4v) is 6.51. The summed E-state index contributed by atoms with van der Waals surface area (Å²) >= 11 is 0. The fraction of sp³-hybridized carbons (Fsp3) is 0.391. The van der Waals surface area contributed by atoms with Gasteiger partial charge in [-0.15, -0.1) is 35.2 Å². The normalized spacial score (nSPS) is 13.3. The van der Waals surface area contributed by atoms with Crippen molar-refractivity contribution in [1.29, 1.82) is 0 Å². The van der Waals surface area contributed by atoms with Crippen LogP contribution >= 0.6 is 0 Å². The van der Waals surface area contributed by atoms with Gasteiger partial charge in [-0.2, -0.15) is 6.08 Å². The molecule has 0 amide bonds. The minimum absolute atomic E-state index is 0. The Balaban J connectivity index is 0.000000956. The van der Waals surface area contributed by atoms with Crippen molar-refractivity contribution in [1.82, 2.24) is 0 Å². The first-order valence-corrected chi connectivity index (χ1v) is 17.0. The van der Waals surface area contributed by atoms with Gasteiger partial charge in [-0.3, -0.25) is 6.08 Å². The number of rotatable bonds is 2. The summed E-state index contributed by atoms with van der Waals surface area (Å²) < 4.78 is 0. The molecule has 4 aromatic rings. The second kappa shape index (κ2) is 16.0. The van der Waals surface area contributed by atoms with Crippen molar-refractivity contribution in [3.05, 3.63) is 130 Å². The zero-order valence-electron chi connectivity index (χ0n) is 31.8. The molecule has 0 bridgehead atoms. The van der Waals surface area contributed by atoms with E-state index in [4.69, 9.17) is 0 Å². The van der Waals surface area contributed by atoms with E-state index in [0.29, 0.717) is 0 Å². The molecule has 0 fully saturated rings. The van der Waals surface area contributed by atoms with Gasteiger partial charge >= 0.3 is 26.2 Å². The molecular formula is C46H54Cl2Zr. The molecule has 0 atom stereocenters. The molecule has 0 unspecified atom stereocenters. The Morgan fingerprint density at radius 1 is 0.531 bits per heavy atom. The molecule has 0 nitrogen and oxygen atoms in total. The van der Waals surface area contributed by atoms with Crippen molar-refractivity contribution >= 4 is 0 Å². The minimum Gasteiger partial charge on any atom is -1.00 e. The summed E-state index contributed by atoms with van der Waals surface area (Å²) in [7, 11) is 0. The van der Waals surface area contributed by atoms with E-state index in [1.54, 1.807) is 0 Å². The quantitative estimate of drug-likeness (QED) is 0.172. The van der Waals surface area contributed by atoms with E-state index in [9.17, 15) is 0 Å². The van der Waals surface area contributed by atoms with Gasteiger partial charge in [0.25, 0.3) is 0 Å². The monoisotopic (exact) mass is 766 g/mol. The maximum Gasteiger partial charge on any atom is 4.00 e. The van der Waals surface area contributed by atoms with E-state index >= 15 is 0 Å². The van der Waals surface area contributed by atoms with E-state index in [1.165, 1.54) is 66.8 Å². The Hall–Kier alpha value is -2.18. The van der Waals surface area contributed by atoms with Crippen LogP contribution in [-0.2, 0) is 54.3 Å². The van der Waals surface area contributed by atoms with E-state index < -0.39 is 0 Å². The first-order valence-electron chi connectivity index (χ1n) is 17.0. The molecule has 256 valence electrons. The Bertz CT molecular complexity index is 1640. The van der Waals surface area contributed by atoms with Crippen molar-refractivity contribution in [3.63, 3.8) is 0 Å². The maximum atomic E-state index is 3.96. The number of halogens is 2. The second-order valence-corrected chi connectivity index (χ2v) is 17.3. The van der Waals surface area contributed by atoms with Gasteiger partial charge in [0.1, 0.15) is 0 Å². The number of benzene rings is 4. The Labute approximate surface area is 330 Å². The minimum atomic E-state index is 0. The van der Waals surface area contributed by atoms with Gasteiger partial charge in [0.15, 0.2) is 0 Å². The predicted octanol–water partition coefficient (Wildman–Crippen LogP) is 6.89. The van der Waals surface area contributed by atoms with Crippen LogP contribution in [0.1, 0.15) is 123 Å². The summed E-state index contributed by atoms with van der Waals surface area (Å²) in [4.78, 5) is 0. The second-order valence-electron chi connectivity index (χ2n) is 17.3. The van der Waals surface area contributed by atoms with E-state index in [2.05, 4.69) is 168 Å². The third-order valence-corrected chi connectivity index (χ3v) is 9.36. The van der Waals surface area contributed by atoms with Crippen LogP contribution in [0.25, 0.3) is 33.4 Å². The summed E-state index contributed by atoms with van der Waals surface area (Å²) in [6.45, 7) is 27.7. The molecule has 0 heterocycles. The summed E-state index contributed by atoms with van der Waals surface area (Å²) in [6.07, 6.45) is 10.9. The molecule has 2 aliphatic rings. The van der Waals surface area contributed by atoms with Crippen LogP contribution in [0.15, 0.2) is 85.0 Å². The number of hydrogen-bond acceptors (Lipinski definition) is 0. The molecule has 2 aliphatic carbocycles. The molecule has 3 heteroatoms. The van der Waals surface area contributed by atoms with E-state index in [0.717, 1.165) is 12.8 Å². The van der Waals surface area contributed by atoms with Crippen molar-refractivity contribution in [2.45, 2.75) is 118 Å². The van der Waals surface area contributed by atoms with Crippen LogP contribution in [-0.4, -0.2) is 0 Å². The summed E-state index contributed by atoms with van der Waals surface area (Å²) in [6, 6.07) is 29.9. The number of hydrogen-bond donors (Lipinski definition) is 0. The standard InChI is InChI=1S/C41H49.C5H5.2ClH.Zr/c1-38(2,3)30-17-13-26(14-18-30)34-22-28-21-29-23-35(27-15-19-31(20-16-27)39(4,5)6)37(41(10,11)12)25-33(29)32(28)24-36(34)40(7,8)9;1-2-4-5-3-1;;;/h13-20,22,24-25H,21H2,1-12H3;1-3H,4H2;2*1H;/q2*-1;;;+4/p-2. The molecule has 0 aliphatic heterocycles. The van der Waals surface area contributed by atoms with Crippen molar-refractivity contribution in [2.75, 3.05) is 0 Å². The van der Waals surface area contributed by atoms with Gasteiger partial charge in [0.2, 0.25) is 0 Å². The maximum absolute atomic E-state index is 3.96. The Morgan fingerprint density at radius 2 is 1.02 bits per heavy atom. The van der Waals surface area contributed by atoms with Crippen LogP contribution in [0.4, 0.5) is 0 Å². The molecule has 0 N–H and O–H groups in total. The van der Waals surface area contributed by atoms with Gasteiger partial charge in [0, 0.05) is 0 Å². The topological polar surface area (TPSA) is 0 Å². The number of allylic oxidation sites excluding steroid dienone is 4. The molecule has 4 aromatic carbocycles. The zero-order valence-corrected chi connectivity index (χ0v) is 35.7. The molecular weight excluding hydrogens is 715 g/mol. The summed E-state index contributed by atoms with van der Waals surface area (Å²) in [5, 5.41) is 0. The molecule has 0 saturated heterocycles. The smallest absolute Gasteiger partial charge is 1.00 e. The Morgan fingerprint density at radius 3 is 1.43 bits per heavy atom. The van der Waals surface area contributed by atoms with Crippen LogP contribution in [0.5, 0.6) is 0 Å². The van der Waals surface area contributed by atoms with Crippen LogP contribution in [0, 0.1) is 12.1 Å². The first kappa shape index (κ1) is 43.0. The summed E-state index contributed by atoms with van der Waals surface area (Å²) in [5.74, 6) is 0. The van der Waals surface area contributed by atoms with Crippen molar-refractivity contribution < 1.29 is 51.0 Å². The van der Waals surface area contributed by atoms with E-state index in [-0.39, 0.29) is 72.7 Å². The van der Waals surface area contributed by atoms with Gasteiger partial charge in [-0.1, -0.05) is 160 Å². The average Bonchev–Trinajstić information content (AvgIpc) is 3.66. The third-order valence-electron chi connectivity index (χ3n) is 9.36. The van der Waals surface area contributed by atoms with Gasteiger partial charge < -0.3 is 24.8 Å². The largest absolute Gasteiger partial charge is 4.00 e. The van der Waals surface area contributed by atoms with Crippen molar-refractivity contribution in [3.8, 4) is 33.4 Å². The predicted molar refractivity (Wildman–Crippen MR) is 201 cm³/mol. The van der Waals surface area contributed by atoms with Crippen LogP contribution < -0.4 is 24.8 Å². The molecule has 49 heavy (non-hydrogen) atoms. The van der Waals surface area contributed by atoms with Crippen LogP contribution in [0.3, 0.4) is 0 Å². The fourth-order valence-electron chi connectivity index (χ4n) is 6.51. The SMILES string of the molecule is CC(C)(C)c1ccc(-c2[c-]c3c(cc2C(C)(C)C)-c2cc(C(C)(C)C)c(-c4ccc(C(C)(C)C)cc4)cc2C3)cc1.[C-]1=CC=CC1.[Cl-].[Cl-].[Zr+4]. The first-order chi connectivity index (χ1) is 21.3. The van der Waals surface area contributed by atoms with Gasteiger partial charge in [-0.25, -0.2) is 12.2 Å². The Kier molecular flexibility index (Phi) is 14.0. The summed E-state index contributed by atoms with van der Waals surface area (Å²) in [5.41, 5.74) is 16.5. The molecule has 0 spiro atoms. The van der Waals surface area contributed by atoms with Gasteiger partial charge in [0.05, 0.1) is 0 Å². The molecule has 0 radical (unpaired) electrons. The number of fused-ring (bicyclic) bond motifs is 3. The van der Waals surface area contributed by atoms with E-state index in [1.807, 2.05) is 12.2 Å². The van der Waals surface area contributed by atoms with Crippen molar-refractivity contribution in [2.24, 2.45) is 0 Å². The molecule has 0 saturated carbocycles. The third kappa shape index (κ3) is 9.79. The zero-order chi connectivity index (χ0) is 33.7. The molecule has 0 aromatic heterocycles. The average molecular weight is 769 g/mol.